The quantitative estimate of drug-likeness (QED) is 0.784. The number of sulfone groups is 1. The number of hydrogen-bond donors (Lipinski definition) is 2. The summed E-state index contributed by atoms with van der Waals surface area (Å²) in [6.07, 6.45) is 1.38. The minimum Gasteiger partial charge on any atom is -0.481 e. The Hall–Kier alpha value is -1.89. The van der Waals surface area contributed by atoms with E-state index in [0.717, 1.165) is 6.26 Å². The fourth-order valence-corrected chi connectivity index (χ4v) is 2.32. The topological polar surface area (TPSA) is 101 Å². The Morgan fingerprint density at radius 2 is 2.00 bits per heavy atom. The average Bonchev–Trinajstić information content (AvgIpc) is 2.26. The summed E-state index contributed by atoms with van der Waals surface area (Å²) in [5.74, 6) is -1.26. The predicted molar refractivity (Wildman–Crippen MR) is 75.4 cm³/mol. The lowest BCUT2D eigenvalue weighted by molar-refractivity contribution is -0.136. The standard InChI is InChI=1S/C13H17NO5S/c1-20(18,19)7-3-6-12(15)14-11-5-2-4-10(8-11)9-13(16)17/h2,4-5,8H,3,6-7,9H2,1H3,(H,14,15)(H,16,17). The van der Waals surface area contributed by atoms with Crippen molar-refractivity contribution in [2.24, 2.45) is 0 Å². The summed E-state index contributed by atoms with van der Waals surface area (Å²) in [5, 5.41) is 11.3. The Morgan fingerprint density at radius 1 is 1.30 bits per heavy atom. The molecule has 0 aliphatic rings. The van der Waals surface area contributed by atoms with Gasteiger partial charge in [-0.25, -0.2) is 8.42 Å². The molecular weight excluding hydrogens is 282 g/mol. The van der Waals surface area contributed by atoms with Crippen LogP contribution < -0.4 is 5.32 Å². The van der Waals surface area contributed by atoms with Crippen LogP contribution in [0.25, 0.3) is 0 Å². The maximum absolute atomic E-state index is 11.6. The van der Waals surface area contributed by atoms with Crippen molar-refractivity contribution in [3.8, 4) is 0 Å². The van der Waals surface area contributed by atoms with Crippen LogP contribution in [0.2, 0.25) is 0 Å². The maximum atomic E-state index is 11.6. The van der Waals surface area contributed by atoms with Gasteiger partial charge in [-0.15, -0.1) is 0 Å². The molecule has 7 heteroatoms. The number of amides is 1. The van der Waals surface area contributed by atoms with Gasteiger partial charge in [0.05, 0.1) is 12.2 Å². The second-order valence-corrected chi connectivity index (χ2v) is 6.81. The number of hydrogen-bond acceptors (Lipinski definition) is 4. The zero-order chi connectivity index (χ0) is 15.2. The third-order valence-electron chi connectivity index (χ3n) is 2.49. The maximum Gasteiger partial charge on any atom is 0.307 e. The molecule has 0 bridgehead atoms. The molecule has 1 rings (SSSR count). The van der Waals surface area contributed by atoms with Crippen LogP contribution in [0.1, 0.15) is 18.4 Å². The first-order chi connectivity index (χ1) is 9.26. The van der Waals surface area contributed by atoms with Gasteiger partial charge in [-0.2, -0.15) is 0 Å². The molecule has 20 heavy (non-hydrogen) atoms. The minimum atomic E-state index is -3.06. The van der Waals surface area contributed by atoms with Crippen molar-refractivity contribution in [1.29, 1.82) is 0 Å². The molecule has 0 unspecified atom stereocenters. The summed E-state index contributed by atoms with van der Waals surface area (Å²) < 4.78 is 21.9. The lowest BCUT2D eigenvalue weighted by Gasteiger charge is -2.06. The molecule has 0 saturated carbocycles. The van der Waals surface area contributed by atoms with E-state index in [1.54, 1.807) is 24.3 Å². The van der Waals surface area contributed by atoms with Crippen molar-refractivity contribution >= 4 is 27.4 Å². The van der Waals surface area contributed by atoms with Crippen molar-refractivity contribution in [3.63, 3.8) is 0 Å². The summed E-state index contributed by atoms with van der Waals surface area (Å²) in [4.78, 5) is 22.2. The van der Waals surface area contributed by atoms with Gasteiger partial charge < -0.3 is 10.4 Å². The van der Waals surface area contributed by atoms with Gasteiger partial charge in [-0.05, 0) is 24.1 Å². The molecule has 1 aromatic carbocycles. The van der Waals surface area contributed by atoms with Crippen molar-refractivity contribution in [2.45, 2.75) is 19.3 Å². The first-order valence-electron chi connectivity index (χ1n) is 6.04. The molecule has 2 N–H and O–H groups in total. The van der Waals surface area contributed by atoms with E-state index in [0.29, 0.717) is 11.3 Å². The normalized spacial score (nSPS) is 11.1. The largest absolute Gasteiger partial charge is 0.481 e. The first kappa shape index (κ1) is 16.2. The Balaban J connectivity index is 2.51. The molecule has 0 spiro atoms. The van der Waals surface area contributed by atoms with Crippen molar-refractivity contribution in [1.82, 2.24) is 0 Å². The third kappa shape index (κ3) is 6.89. The molecule has 6 nitrogen and oxygen atoms in total. The highest BCUT2D eigenvalue weighted by Crippen LogP contribution is 2.12. The van der Waals surface area contributed by atoms with Crippen LogP contribution >= 0.6 is 0 Å². The number of rotatable bonds is 7. The molecule has 0 aromatic heterocycles. The van der Waals surface area contributed by atoms with E-state index in [9.17, 15) is 18.0 Å². The van der Waals surface area contributed by atoms with Gasteiger partial charge in [0.1, 0.15) is 9.84 Å². The van der Waals surface area contributed by atoms with Crippen LogP contribution in [-0.4, -0.2) is 37.4 Å². The fraction of sp³-hybridized carbons (Fsp3) is 0.385. The molecule has 0 heterocycles. The van der Waals surface area contributed by atoms with Crippen LogP contribution in [0.3, 0.4) is 0 Å². The summed E-state index contributed by atoms with van der Waals surface area (Å²) in [6.45, 7) is 0. The second-order valence-electron chi connectivity index (χ2n) is 4.55. The van der Waals surface area contributed by atoms with Crippen LogP contribution in [0.5, 0.6) is 0 Å². The molecule has 0 atom stereocenters. The molecule has 0 saturated heterocycles. The molecule has 0 aliphatic carbocycles. The smallest absolute Gasteiger partial charge is 0.307 e. The van der Waals surface area contributed by atoms with E-state index in [-0.39, 0.29) is 30.9 Å². The highest BCUT2D eigenvalue weighted by Gasteiger charge is 2.07. The minimum absolute atomic E-state index is 0.0283. The zero-order valence-electron chi connectivity index (χ0n) is 11.1. The highest BCUT2D eigenvalue weighted by atomic mass is 32.2. The van der Waals surface area contributed by atoms with Crippen LogP contribution in [0.15, 0.2) is 24.3 Å². The number of carbonyl (C=O) groups excluding carboxylic acids is 1. The van der Waals surface area contributed by atoms with Crippen molar-refractivity contribution in [2.75, 3.05) is 17.3 Å². The Labute approximate surface area is 117 Å². The molecule has 110 valence electrons. The number of carboxylic acids is 1. The van der Waals surface area contributed by atoms with Gasteiger partial charge in [0, 0.05) is 18.4 Å². The first-order valence-corrected chi connectivity index (χ1v) is 8.10. The molecular formula is C13H17NO5S. The van der Waals surface area contributed by atoms with Crippen LogP contribution in [-0.2, 0) is 25.8 Å². The van der Waals surface area contributed by atoms with Gasteiger partial charge in [0.25, 0.3) is 0 Å². The van der Waals surface area contributed by atoms with E-state index in [1.807, 2.05) is 0 Å². The number of anilines is 1. The second kappa shape index (κ2) is 7.04. The number of carboxylic acid groups (broad SMARTS) is 1. The Kier molecular flexibility index (Phi) is 5.69. The fourth-order valence-electron chi connectivity index (χ4n) is 1.65. The van der Waals surface area contributed by atoms with E-state index in [1.165, 1.54) is 0 Å². The SMILES string of the molecule is CS(=O)(=O)CCCC(=O)Nc1cccc(CC(=O)O)c1. The monoisotopic (exact) mass is 299 g/mol. The van der Waals surface area contributed by atoms with E-state index < -0.39 is 15.8 Å². The Morgan fingerprint density at radius 3 is 2.60 bits per heavy atom. The molecule has 0 aliphatic heterocycles. The van der Waals surface area contributed by atoms with Gasteiger partial charge in [0.2, 0.25) is 5.91 Å². The number of carbonyl (C=O) groups is 2. The molecule has 0 radical (unpaired) electrons. The summed E-state index contributed by atoms with van der Waals surface area (Å²) in [5.41, 5.74) is 1.10. The predicted octanol–water partition coefficient (Wildman–Crippen LogP) is 1.08. The number of aliphatic carboxylic acids is 1. The van der Waals surface area contributed by atoms with Gasteiger partial charge in [-0.1, -0.05) is 12.1 Å². The van der Waals surface area contributed by atoms with E-state index >= 15 is 0 Å². The van der Waals surface area contributed by atoms with Crippen molar-refractivity contribution in [3.05, 3.63) is 29.8 Å². The average molecular weight is 299 g/mol. The van der Waals surface area contributed by atoms with Gasteiger partial charge in [0.15, 0.2) is 0 Å². The van der Waals surface area contributed by atoms with Gasteiger partial charge >= 0.3 is 5.97 Å². The number of benzene rings is 1. The summed E-state index contributed by atoms with van der Waals surface area (Å²) >= 11 is 0. The van der Waals surface area contributed by atoms with Crippen LogP contribution in [0.4, 0.5) is 5.69 Å². The Bertz CT molecular complexity index is 595. The molecule has 0 fully saturated rings. The highest BCUT2D eigenvalue weighted by molar-refractivity contribution is 7.90. The van der Waals surface area contributed by atoms with Crippen molar-refractivity contribution < 1.29 is 23.1 Å². The summed E-state index contributed by atoms with van der Waals surface area (Å²) in [7, 11) is -3.06. The van der Waals surface area contributed by atoms with E-state index in [2.05, 4.69) is 5.32 Å². The number of nitrogens with one attached hydrogen (secondary N) is 1. The lowest BCUT2D eigenvalue weighted by atomic mass is 10.1. The molecule has 1 aromatic rings. The lowest BCUT2D eigenvalue weighted by Crippen LogP contribution is -2.14. The zero-order valence-corrected chi connectivity index (χ0v) is 11.9. The summed E-state index contributed by atoms with van der Waals surface area (Å²) in [6, 6.07) is 6.56. The van der Waals surface area contributed by atoms with Crippen LogP contribution in [0, 0.1) is 0 Å². The molecule has 1 amide bonds. The van der Waals surface area contributed by atoms with Gasteiger partial charge in [-0.3, -0.25) is 9.59 Å². The third-order valence-corrected chi connectivity index (χ3v) is 3.52. The van der Waals surface area contributed by atoms with E-state index in [4.69, 9.17) is 5.11 Å².